The molecule has 1 N–H and O–H groups in total. The molecule has 1 heterocycles. The fourth-order valence-corrected chi connectivity index (χ4v) is 4.64. The molecule has 3 heteroatoms. The van der Waals surface area contributed by atoms with E-state index in [1.807, 2.05) is 0 Å². The second-order valence-electron chi connectivity index (χ2n) is 6.87. The predicted molar refractivity (Wildman–Crippen MR) is 94.1 cm³/mol. The Morgan fingerprint density at radius 1 is 1.19 bits per heavy atom. The van der Waals surface area contributed by atoms with Crippen molar-refractivity contribution in [1.82, 2.24) is 5.32 Å². The number of piperazine rings is 1. The lowest BCUT2D eigenvalue weighted by molar-refractivity contribution is 0.245. The van der Waals surface area contributed by atoms with Gasteiger partial charge in [-0.3, -0.25) is 0 Å². The van der Waals surface area contributed by atoms with Gasteiger partial charge in [-0.05, 0) is 66.2 Å². The Morgan fingerprint density at radius 2 is 1.95 bits per heavy atom. The van der Waals surface area contributed by atoms with E-state index in [1.54, 1.807) is 0 Å². The molecule has 2 nitrogen and oxygen atoms in total. The van der Waals surface area contributed by atoms with E-state index in [-0.39, 0.29) is 0 Å². The highest BCUT2D eigenvalue weighted by Crippen LogP contribution is 2.33. The topological polar surface area (TPSA) is 15.3 Å². The minimum absolute atomic E-state index is 0.559. The summed E-state index contributed by atoms with van der Waals surface area (Å²) in [6.45, 7) is 6.73. The molecule has 1 aromatic rings. The van der Waals surface area contributed by atoms with Crippen LogP contribution in [0.25, 0.3) is 0 Å². The third-order valence-electron chi connectivity index (χ3n) is 5.23. The summed E-state index contributed by atoms with van der Waals surface area (Å²) in [5, 5.41) is 3.81. The molecular weight excluding hydrogens is 324 g/mol. The van der Waals surface area contributed by atoms with Gasteiger partial charge < -0.3 is 10.2 Å². The van der Waals surface area contributed by atoms with E-state index in [2.05, 4.69) is 58.2 Å². The largest absolute Gasteiger partial charge is 0.365 e. The van der Waals surface area contributed by atoms with Crippen molar-refractivity contribution in [2.45, 2.75) is 58.0 Å². The van der Waals surface area contributed by atoms with Crippen LogP contribution in [-0.2, 0) is 0 Å². The van der Waals surface area contributed by atoms with Crippen molar-refractivity contribution in [2.24, 2.45) is 5.92 Å². The molecule has 1 aliphatic carbocycles. The van der Waals surface area contributed by atoms with E-state index in [9.17, 15) is 0 Å². The monoisotopic (exact) mass is 350 g/mol. The number of benzene rings is 1. The van der Waals surface area contributed by atoms with Crippen LogP contribution < -0.4 is 10.2 Å². The summed E-state index contributed by atoms with van der Waals surface area (Å²) in [5.74, 6) is 0.873. The molecule has 21 heavy (non-hydrogen) atoms. The van der Waals surface area contributed by atoms with Crippen molar-refractivity contribution < 1.29 is 0 Å². The fourth-order valence-electron chi connectivity index (χ4n) is 3.92. The van der Waals surface area contributed by atoms with Gasteiger partial charge in [0, 0.05) is 29.6 Å². The van der Waals surface area contributed by atoms with Crippen molar-refractivity contribution >= 4 is 21.6 Å². The highest BCUT2D eigenvalue weighted by Gasteiger charge is 2.31. The van der Waals surface area contributed by atoms with E-state index in [4.69, 9.17) is 0 Å². The second kappa shape index (κ2) is 6.70. The summed E-state index contributed by atoms with van der Waals surface area (Å²) in [7, 11) is 0. The van der Waals surface area contributed by atoms with Gasteiger partial charge in [0.2, 0.25) is 0 Å². The molecule has 0 aromatic heterocycles. The van der Waals surface area contributed by atoms with Crippen LogP contribution in [0.5, 0.6) is 0 Å². The van der Waals surface area contributed by atoms with Crippen LogP contribution in [0.4, 0.5) is 5.69 Å². The number of aryl methyl sites for hydroxylation is 1. The van der Waals surface area contributed by atoms with E-state index in [1.165, 1.54) is 47.8 Å². The van der Waals surface area contributed by atoms with Crippen molar-refractivity contribution in [3.63, 3.8) is 0 Å². The van der Waals surface area contributed by atoms with Crippen molar-refractivity contribution in [1.29, 1.82) is 0 Å². The molecule has 3 rings (SSSR count). The molecule has 2 unspecified atom stereocenters. The summed E-state index contributed by atoms with van der Waals surface area (Å²) in [4.78, 5) is 2.60. The lowest BCUT2D eigenvalue weighted by Gasteiger charge is -2.44. The quantitative estimate of drug-likeness (QED) is 0.844. The Morgan fingerprint density at radius 3 is 2.67 bits per heavy atom. The average Bonchev–Trinajstić information content (AvgIpc) is 2.49. The smallest absolute Gasteiger partial charge is 0.0514 e. The zero-order valence-corrected chi connectivity index (χ0v) is 14.8. The molecule has 116 valence electrons. The molecule has 2 atom stereocenters. The highest BCUT2D eigenvalue weighted by molar-refractivity contribution is 9.10. The number of hydrogen-bond donors (Lipinski definition) is 1. The van der Waals surface area contributed by atoms with Crippen LogP contribution >= 0.6 is 15.9 Å². The molecule has 1 saturated carbocycles. The second-order valence-corrected chi connectivity index (χ2v) is 7.72. The van der Waals surface area contributed by atoms with Gasteiger partial charge in [0.25, 0.3) is 0 Å². The first-order valence-electron chi connectivity index (χ1n) is 8.41. The van der Waals surface area contributed by atoms with Crippen LogP contribution in [0, 0.1) is 12.8 Å². The van der Waals surface area contributed by atoms with Crippen LogP contribution in [0.1, 0.15) is 44.6 Å². The fraction of sp³-hybridized carbons (Fsp3) is 0.667. The minimum atomic E-state index is 0.559. The third kappa shape index (κ3) is 3.45. The SMILES string of the molecule is Cc1ccc(N2CC(C3CCCCC3)NCC2C)c(Br)c1. The zero-order chi connectivity index (χ0) is 14.8. The van der Waals surface area contributed by atoms with Crippen molar-refractivity contribution in [3.05, 3.63) is 28.2 Å². The molecule has 1 saturated heterocycles. The van der Waals surface area contributed by atoms with E-state index >= 15 is 0 Å². The highest BCUT2D eigenvalue weighted by atomic mass is 79.9. The Hall–Kier alpha value is -0.540. The third-order valence-corrected chi connectivity index (χ3v) is 5.87. The normalized spacial score (nSPS) is 27.9. The molecule has 1 aliphatic heterocycles. The van der Waals surface area contributed by atoms with E-state index in [0.717, 1.165) is 19.0 Å². The predicted octanol–water partition coefficient (Wildman–Crippen LogP) is 4.50. The summed E-state index contributed by atoms with van der Waals surface area (Å²) in [6, 6.07) is 7.96. The maximum atomic E-state index is 3.81. The number of anilines is 1. The van der Waals surface area contributed by atoms with Crippen LogP contribution in [0.2, 0.25) is 0 Å². The molecular formula is C18H27BrN2. The summed E-state index contributed by atoms with van der Waals surface area (Å²) in [6.07, 6.45) is 7.11. The number of halogens is 1. The van der Waals surface area contributed by atoms with Gasteiger partial charge in [0.1, 0.15) is 0 Å². The van der Waals surface area contributed by atoms with E-state index < -0.39 is 0 Å². The summed E-state index contributed by atoms with van der Waals surface area (Å²) < 4.78 is 1.23. The number of nitrogens with one attached hydrogen (secondary N) is 1. The lowest BCUT2D eigenvalue weighted by atomic mass is 9.82. The maximum Gasteiger partial charge on any atom is 0.0514 e. The van der Waals surface area contributed by atoms with Gasteiger partial charge in [-0.2, -0.15) is 0 Å². The first-order chi connectivity index (χ1) is 10.1. The van der Waals surface area contributed by atoms with Crippen molar-refractivity contribution in [2.75, 3.05) is 18.0 Å². The van der Waals surface area contributed by atoms with Crippen LogP contribution in [-0.4, -0.2) is 25.2 Å². The van der Waals surface area contributed by atoms with Gasteiger partial charge in [0.15, 0.2) is 0 Å². The van der Waals surface area contributed by atoms with E-state index in [0.29, 0.717) is 12.1 Å². The lowest BCUT2D eigenvalue weighted by Crippen LogP contribution is -2.58. The Kier molecular flexibility index (Phi) is 4.90. The molecule has 0 spiro atoms. The number of rotatable bonds is 2. The van der Waals surface area contributed by atoms with Crippen molar-refractivity contribution in [3.8, 4) is 0 Å². The van der Waals surface area contributed by atoms with Gasteiger partial charge in [-0.25, -0.2) is 0 Å². The Bertz CT molecular complexity index is 482. The average molecular weight is 351 g/mol. The first-order valence-corrected chi connectivity index (χ1v) is 9.20. The van der Waals surface area contributed by atoms with Gasteiger partial charge in [0.05, 0.1) is 5.69 Å². The Labute approximate surface area is 137 Å². The number of hydrogen-bond acceptors (Lipinski definition) is 2. The molecule has 0 amide bonds. The van der Waals surface area contributed by atoms with Crippen LogP contribution in [0.15, 0.2) is 22.7 Å². The van der Waals surface area contributed by atoms with Gasteiger partial charge in [-0.15, -0.1) is 0 Å². The molecule has 2 aliphatic rings. The maximum absolute atomic E-state index is 3.81. The Balaban J connectivity index is 1.76. The van der Waals surface area contributed by atoms with Gasteiger partial charge >= 0.3 is 0 Å². The standard InChI is InChI=1S/C18H27BrN2/c1-13-8-9-18(16(19)10-13)21-12-17(20-11-14(21)2)15-6-4-3-5-7-15/h8-10,14-15,17,20H,3-7,11-12H2,1-2H3. The summed E-state index contributed by atoms with van der Waals surface area (Å²) in [5.41, 5.74) is 2.67. The van der Waals surface area contributed by atoms with Crippen LogP contribution in [0.3, 0.4) is 0 Å². The summed E-state index contributed by atoms with van der Waals surface area (Å²) >= 11 is 3.76. The molecule has 0 bridgehead atoms. The first kappa shape index (κ1) is 15.4. The zero-order valence-electron chi connectivity index (χ0n) is 13.2. The molecule has 2 fully saturated rings. The van der Waals surface area contributed by atoms with Gasteiger partial charge in [-0.1, -0.05) is 25.3 Å². The minimum Gasteiger partial charge on any atom is -0.365 e. The molecule has 1 aromatic carbocycles. The molecule has 0 radical (unpaired) electrons. The number of nitrogens with zero attached hydrogens (tertiary/aromatic N) is 1.